The summed E-state index contributed by atoms with van der Waals surface area (Å²) in [6.45, 7) is 4.51. The fourth-order valence-electron chi connectivity index (χ4n) is 6.55. The summed E-state index contributed by atoms with van der Waals surface area (Å²) in [5.74, 6) is 3.09. The Labute approximate surface area is 275 Å². The zero-order valence-electron chi connectivity index (χ0n) is 28.6. The Morgan fingerprint density at radius 3 is 1.11 bits per heavy atom. The highest BCUT2D eigenvalue weighted by Gasteiger charge is 2.20. The quantitative estimate of drug-likeness (QED) is 0.103. The third kappa shape index (κ3) is 7.44. The lowest BCUT2D eigenvalue weighted by atomic mass is 9.93. The van der Waals surface area contributed by atoms with Gasteiger partial charge in [0.25, 0.3) is 0 Å². The van der Waals surface area contributed by atoms with E-state index in [-0.39, 0.29) is 0 Å². The molecule has 0 unspecified atom stereocenters. The maximum atomic E-state index is 6.04. The topological polar surface area (TPSA) is 36.9 Å². The van der Waals surface area contributed by atoms with Gasteiger partial charge in [-0.25, -0.2) is 0 Å². The number of rotatable bonds is 16. The van der Waals surface area contributed by atoms with Gasteiger partial charge >= 0.3 is 0 Å². The highest BCUT2D eigenvalue weighted by atomic mass is 16.5. The van der Waals surface area contributed by atoms with Crippen LogP contribution in [0.4, 0.5) is 0 Å². The van der Waals surface area contributed by atoms with E-state index in [0.29, 0.717) is 0 Å². The number of hydrogen-bond donors (Lipinski definition) is 0. The highest BCUT2D eigenvalue weighted by Crippen LogP contribution is 2.47. The average molecular weight is 619 g/mol. The molecule has 0 atom stereocenters. The lowest BCUT2D eigenvalue weighted by Gasteiger charge is -2.19. The zero-order chi connectivity index (χ0) is 32.5. The minimum atomic E-state index is 0.741. The van der Waals surface area contributed by atoms with Gasteiger partial charge in [-0.05, 0) is 94.8 Å². The third-order valence-corrected chi connectivity index (χ3v) is 9.19. The molecule has 0 amide bonds. The molecule has 4 nitrogen and oxygen atoms in total. The van der Waals surface area contributed by atoms with E-state index < -0.39 is 0 Å². The number of ether oxygens (including phenoxy) is 4. The summed E-state index contributed by atoms with van der Waals surface area (Å²) in [4.78, 5) is 0. The van der Waals surface area contributed by atoms with Gasteiger partial charge in [0.2, 0.25) is 0 Å². The molecule has 0 aromatic heterocycles. The first-order valence-electron chi connectivity index (χ1n) is 17.0. The molecule has 0 fully saturated rings. The molecule has 0 bridgehead atoms. The first-order valence-corrected chi connectivity index (χ1v) is 17.0. The van der Waals surface area contributed by atoms with Crippen LogP contribution in [0.3, 0.4) is 0 Å². The summed E-state index contributed by atoms with van der Waals surface area (Å²) < 4.78 is 24.0. The van der Waals surface area contributed by atoms with Crippen LogP contribution in [-0.4, -0.2) is 28.4 Å². The lowest BCUT2D eigenvalue weighted by Crippen LogP contribution is -1.97. The van der Waals surface area contributed by atoms with Crippen molar-refractivity contribution in [2.24, 2.45) is 0 Å². The van der Waals surface area contributed by atoms with Gasteiger partial charge in [-0.2, -0.15) is 0 Å². The first kappa shape index (κ1) is 33.2. The zero-order valence-corrected chi connectivity index (χ0v) is 28.6. The number of unbranched alkanes of at least 4 members (excludes halogenated alkanes) is 6. The van der Waals surface area contributed by atoms with Gasteiger partial charge in [0.15, 0.2) is 0 Å². The predicted molar refractivity (Wildman–Crippen MR) is 194 cm³/mol. The van der Waals surface area contributed by atoms with Crippen molar-refractivity contribution < 1.29 is 18.9 Å². The minimum Gasteiger partial charge on any atom is -0.496 e. The molecule has 0 saturated carbocycles. The van der Waals surface area contributed by atoms with Crippen molar-refractivity contribution in [3.63, 3.8) is 0 Å². The molecule has 46 heavy (non-hydrogen) atoms. The van der Waals surface area contributed by atoms with Gasteiger partial charge < -0.3 is 18.9 Å². The Kier molecular flexibility index (Phi) is 11.5. The van der Waals surface area contributed by atoms with Gasteiger partial charge in [-0.1, -0.05) is 88.8 Å². The fraction of sp³-hybridized carbons (Fsp3) is 0.381. The summed E-state index contributed by atoms with van der Waals surface area (Å²) in [5, 5.41) is 4.69. The van der Waals surface area contributed by atoms with E-state index in [1.807, 2.05) is 0 Å². The molecular formula is C42H50O4. The van der Waals surface area contributed by atoms with Crippen molar-refractivity contribution in [1.29, 1.82) is 0 Å². The molecule has 0 radical (unpaired) electrons. The summed E-state index contributed by atoms with van der Waals surface area (Å²) in [6, 6.07) is 26.4. The Balaban J connectivity index is 1.53. The van der Waals surface area contributed by atoms with Crippen LogP contribution in [0.15, 0.2) is 72.8 Å². The SMILES string of the molecule is CCCCCCc1ccc2cc(-c3cc(OC)c(-c4cc5ccc(CCCCCC)cc5cc4OC)cc3OC)c(OC)cc2c1. The van der Waals surface area contributed by atoms with Gasteiger partial charge in [-0.15, -0.1) is 0 Å². The maximum Gasteiger partial charge on any atom is 0.127 e. The molecule has 0 heterocycles. The second-order valence-corrected chi connectivity index (χ2v) is 12.3. The van der Waals surface area contributed by atoms with Crippen molar-refractivity contribution in [3.05, 3.63) is 83.9 Å². The minimum absolute atomic E-state index is 0.741. The molecule has 0 aliphatic rings. The Hall–Kier alpha value is -4.18. The standard InChI is InChI=1S/C42H50O4/c1-7-9-11-13-15-29-17-19-31-23-35(39(43-3)25-33(31)21-29)37-27-42(46-6)38(28-41(37)45-5)36-24-32-20-18-30(16-14-12-10-8-2)22-34(32)26-40(36)44-4/h17-28H,7-16H2,1-6H3. The van der Waals surface area contributed by atoms with Crippen molar-refractivity contribution in [3.8, 4) is 45.3 Å². The van der Waals surface area contributed by atoms with Gasteiger partial charge in [0.05, 0.1) is 28.4 Å². The van der Waals surface area contributed by atoms with Crippen LogP contribution < -0.4 is 18.9 Å². The van der Waals surface area contributed by atoms with E-state index in [4.69, 9.17) is 18.9 Å². The molecular weight excluding hydrogens is 568 g/mol. The summed E-state index contributed by atoms with van der Waals surface area (Å²) in [7, 11) is 6.89. The van der Waals surface area contributed by atoms with Crippen LogP contribution in [0.25, 0.3) is 43.8 Å². The van der Waals surface area contributed by atoms with Crippen LogP contribution in [0, 0.1) is 0 Å². The molecule has 0 N–H and O–H groups in total. The second kappa shape index (κ2) is 15.9. The Bertz CT molecular complexity index is 1640. The monoisotopic (exact) mass is 618 g/mol. The van der Waals surface area contributed by atoms with Gasteiger partial charge in [0, 0.05) is 22.3 Å². The summed E-state index contributed by atoms with van der Waals surface area (Å²) in [5.41, 5.74) is 6.49. The molecule has 242 valence electrons. The molecule has 0 saturated heterocycles. The third-order valence-electron chi connectivity index (χ3n) is 9.19. The van der Waals surface area contributed by atoms with Crippen LogP contribution in [0.1, 0.15) is 76.3 Å². The first-order chi connectivity index (χ1) is 22.5. The van der Waals surface area contributed by atoms with E-state index in [0.717, 1.165) is 58.1 Å². The van der Waals surface area contributed by atoms with Gasteiger partial charge in [-0.3, -0.25) is 0 Å². The van der Waals surface area contributed by atoms with Crippen molar-refractivity contribution in [2.75, 3.05) is 28.4 Å². The largest absolute Gasteiger partial charge is 0.496 e. The average Bonchev–Trinajstić information content (AvgIpc) is 3.10. The van der Waals surface area contributed by atoms with Crippen LogP contribution in [0.2, 0.25) is 0 Å². The highest BCUT2D eigenvalue weighted by molar-refractivity contribution is 5.96. The van der Waals surface area contributed by atoms with Crippen LogP contribution in [-0.2, 0) is 12.8 Å². The van der Waals surface area contributed by atoms with E-state index in [1.165, 1.54) is 84.0 Å². The maximum absolute atomic E-state index is 6.04. The molecule has 0 aliphatic carbocycles. The molecule has 5 rings (SSSR count). The predicted octanol–water partition coefficient (Wildman–Crippen LogP) is 11.6. The normalized spacial score (nSPS) is 11.3. The fourth-order valence-corrected chi connectivity index (χ4v) is 6.55. The van der Waals surface area contributed by atoms with Crippen molar-refractivity contribution in [1.82, 2.24) is 0 Å². The molecule has 4 heteroatoms. The number of aryl methyl sites for hydroxylation is 2. The van der Waals surface area contributed by atoms with Gasteiger partial charge in [0.1, 0.15) is 23.0 Å². The molecule has 5 aromatic carbocycles. The Morgan fingerprint density at radius 1 is 0.370 bits per heavy atom. The number of methoxy groups -OCH3 is 4. The van der Waals surface area contributed by atoms with Crippen molar-refractivity contribution >= 4 is 21.5 Å². The van der Waals surface area contributed by atoms with E-state index in [2.05, 4.69) is 86.6 Å². The van der Waals surface area contributed by atoms with Crippen LogP contribution in [0.5, 0.6) is 23.0 Å². The van der Waals surface area contributed by atoms with E-state index in [1.54, 1.807) is 28.4 Å². The van der Waals surface area contributed by atoms with Crippen molar-refractivity contribution in [2.45, 2.75) is 78.1 Å². The smallest absolute Gasteiger partial charge is 0.127 e. The number of benzene rings is 5. The number of hydrogen-bond acceptors (Lipinski definition) is 4. The van der Waals surface area contributed by atoms with Crippen LogP contribution >= 0.6 is 0 Å². The second-order valence-electron chi connectivity index (χ2n) is 12.3. The molecule has 0 spiro atoms. The van der Waals surface area contributed by atoms with E-state index in [9.17, 15) is 0 Å². The summed E-state index contributed by atoms with van der Waals surface area (Å²) in [6.07, 6.45) is 12.3. The van der Waals surface area contributed by atoms with E-state index >= 15 is 0 Å². The molecule has 0 aliphatic heterocycles. The summed E-state index contributed by atoms with van der Waals surface area (Å²) >= 11 is 0. The lowest BCUT2D eigenvalue weighted by molar-refractivity contribution is 0.402. The molecule has 5 aromatic rings. The number of fused-ring (bicyclic) bond motifs is 2. The Morgan fingerprint density at radius 2 is 0.739 bits per heavy atom.